The number of nitrogens with zero attached hydrogens (tertiary/aromatic N) is 1. The van der Waals surface area contributed by atoms with Gasteiger partial charge in [-0.3, -0.25) is 0 Å². The van der Waals surface area contributed by atoms with Crippen molar-refractivity contribution >= 4 is 10.0 Å². The van der Waals surface area contributed by atoms with Crippen LogP contribution in [0.2, 0.25) is 0 Å². The van der Waals surface area contributed by atoms with Crippen molar-refractivity contribution in [2.45, 2.75) is 40.0 Å². The van der Waals surface area contributed by atoms with Crippen LogP contribution in [0.3, 0.4) is 0 Å². The summed E-state index contributed by atoms with van der Waals surface area (Å²) < 4.78 is 24.1. The molecular weight excluding hydrogens is 236 g/mol. The van der Waals surface area contributed by atoms with Crippen molar-refractivity contribution in [3.63, 3.8) is 0 Å². The van der Waals surface area contributed by atoms with Gasteiger partial charge in [0, 0.05) is 13.1 Å². The van der Waals surface area contributed by atoms with E-state index in [1.54, 1.807) is 0 Å². The van der Waals surface area contributed by atoms with E-state index in [4.69, 9.17) is 0 Å². The lowest BCUT2D eigenvalue weighted by Crippen LogP contribution is -2.32. The molecule has 0 amide bonds. The molecule has 0 bridgehead atoms. The Kier molecular flexibility index (Phi) is 8.82. The van der Waals surface area contributed by atoms with E-state index in [1.807, 2.05) is 6.92 Å². The second kappa shape index (κ2) is 8.89. The van der Waals surface area contributed by atoms with Crippen LogP contribution in [0.5, 0.6) is 0 Å². The molecule has 17 heavy (non-hydrogen) atoms. The Morgan fingerprint density at radius 1 is 1.18 bits per heavy atom. The molecule has 104 valence electrons. The molecule has 0 aromatic carbocycles. The van der Waals surface area contributed by atoms with Crippen molar-refractivity contribution in [1.82, 2.24) is 9.62 Å². The summed E-state index contributed by atoms with van der Waals surface area (Å²) in [6.07, 6.45) is 4.59. The van der Waals surface area contributed by atoms with Crippen LogP contribution in [0.1, 0.15) is 40.0 Å². The third kappa shape index (κ3) is 9.56. The van der Waals surface area contributed by atoms with Crippen molar-refractivity contribution in [1.29, 1.82) is 0 Å². The Morgan fingerprint density at radius 2 is 1.76 bits per heavy atom. The summed E-state index contributed by atoms with van der Waals surface area (Å²) in [4.78, 5) is 0. The fourth-order valence-electron chi connectivity index (χ4n) is 1.70. The van der Waals surface area contributed by atoms with E-state index in [9.17, 15) is 8.42 Å². The molecule has 0 spiro atoms. The molecule has 4 nitrogen and oxygen atoms in total. The molecule has 0 atom stereocenters. The Bertz CT molecular complexity index is 276. The number of nitrogens with one attached hydrogen (secondary N) is 1. The molecule has 0 saturated heterocycles. The first-order valence-corrected chi connectivity index (χ1v) is 8.38. The highest BCUT2D eigenvalue weighted by molar-refractivity contribution is 7.88. The van der Waals surface area contributed by atoms with Crippen LogP contribution in [0.15, 0.2) is 0 Å². The van der Waals surface area contributed by atoms with Crippen LogP contribution in [-0.4, -0.2) is 45.2 Å². The van der Waals surface area contributed by atoms with Crippen LogP contribution >= 0.6 is 0 Å². The highest BCUT2D eigenvalue weighted by Crippen LogP contribution is 2.02. The van der Waals surface area contributed by atoms with Crippen LogP contribution in [0.4, 0.5) is 0 Å². The molecule has 0 aromatic rings. The zero-order valence-electron chi connectivity index (χ0n) is 11.7. The maximum absolute atomic E-state index is 11.3. The highest BCUT2D eigenvalue weighted by atomic mass is 32.2. The maximum atomic E-state index is 11.3. The first-order valence-electron chi connectivity index (χ1n) is 6.53. The summed E-state index contributed by atoms with van der Waals surface area (Å²) in [5.74, 6) is 0.762. The smallest absolute Gasteiger partial charge is 0.211 e. The van der Waals surface area contributed by atoms with Gasteiger partial charge < -0.3 is 5.32 Å². The van der Waals surface area contributed by atoms with Gasteiger partial charge >= 0.3 is 0 Å². The lowest BCUT2D eigenvalue weighted by molar-refractivity contribution is 0.417. The minimum atomic E-state index is -3.02. The molecule has 0 unspecified atom stereocenters. The van der Waals surface area contributed by atoms with Crippen LogP contribution < -0.4 is 5.32 Å². The van der Waals surface area contributed by atoms with Gasteiger partial charge in [0.1, 0.15) is 0 Å². The predicted octanol–water partition coefficient (Wildman–Crippen LogP) is 1.68. The van der Waals surface area contributed by atoms with Crippen molar-refractivity contribution in [3.8, 4) is 0 Å². The molecule has 0 radical (unpaired) electrons. The molecule has 0 aliphatic rings. The van der Waals surface area contributed by atoms with Gasteiger partial charge in [-0.05, 0) is 38.3 Å². The second-order valence-corrected chi connectivity index (χ2v) is 6.88. The van der Waals surface area contributed by atoms with Gasteiger partial charge in [-0.2, -0.15) is 0 Å². The SMILES string of the molecule is CCN(CCCNCCCC(C)C)S(C)(=O)=O. The van der Waals surface area contributed by atoms with Crippen LogP contribution in [0, 0.1) is 5.92 Å². The third-order valence-electron chi connectivity index (χ3n) is 2.72. The van der Waals surface area contributed by atoms with Gasteiger partial charge in [-0.15, -0.1) is 0 Å². The first kappa shape index (κ1) is 16.9. The lowest BCUT2D eigenvalue weighted by Gasteiger charge is -2.17. The Morgan fingerprint density at radius 3 is 2.24 bits per heavy atom. The average Bonchev–Trinajstić information content (AvgIpc) is 2.19. The van der Waals surface area contributed by atoms with Crippen molar-refractivity contribution in [3.05, 3.63) is 0 Å². The molecule has 0 aliphatic heterocycles. The molecule has 5 heteroatoms. The zero-order valence-corrected chi connectivity index (χ0v) is 12.5. The molecule has 1 N–H and O–H groups in total. The minimum Gasteiger partial charge on any atom is -0.317 e. The Hall–Kier alpha value is -0.130. The van der Waals surface area contributed by atoms with E-state index in [0.717, 1.165) is 25.4 Å². The number of rotatable bonds is 10. The van der Waals surface area contributed by atoms with Crippen molar-refractivity contribution in [2.24, 2.45) is 5.92 Å². The van der Waals surface area contributed by atoms with Crippen LogP contribution in [0.25, 0.3) is 0 Å². The standard InChI is InChI=1S/C12H28N2O2S/c1-5-14(17(4,15)16)11-7-10-13-9-6-8-12(2)3/h12-13H,5-11H2,1-4H3. The van der Waals surface area contributed by atoms with Gasteiger partial charge in [-0.25, -0.2) is 12.7 Å². The molecule has 0 aromatic heterocycles. The van der Waals surface area contributed by atoms with Gasteiger partial charge in [0.15, 0.2) is 0 Å². The zero-order chi connectivity index (χ0) is 13.3. The fourth-order valence-corrected chi connectivity index (χ4v) is 2.63. The molecule has 0 heterocycles. The fraction of sp³-hybridized carbons (Fsp3) is 1.00. The number of hydrogen-bond acceptors (Lipinski definition) is 3. The van der Waals surface area contributed by atoms with Gasteiger partial charge in [0.25, 0.3) is 0 Å². The third-order valence-corrected chi connectivity index (χ3v) is 4.10. The van der Waals surface area contributed by atoms with E-state index in [-0.39, 0.29) is 0 Å². The minimum absolute atomic E-state index is 0.562. The quantitative estimate of drug-likeness (QED) is 0.611. The number of hydrogen-bond donors (Lipinski definition) is 1. The van der Waals surface area contributed by atoms with E-state index >= 15 is 0 Å². The summed E-state index contributed by atoms with van der Waals surface area (Å²) in [6.45, 7) is 9.43. The van der Waals surface area contributed by atoms with Crippen molar-refractivity contribution < 1.29 is 8.42 Å². The summed E-state index contributed by atoms with van der Waals surface area (Å²) in [5, 5.41) is 3.35. The summed E-state index contributed by atoms with van der Waals surface area (Å²) in [7, 11) is -3.02. The molecule has 0 fully saturated rings. The maximum Gasteiger partial charge on any atom is 0.211 e. The molecule has 0 aliphatic carbocycles. The van der Waals surface area contributed by atoms with E-state index < -0.39 is 10.0 Å². The Labute approximate surface area is 107 Å². The summed E-state index contributed by atoms with van der Waals surface area (Å²) in [6, 6.07) is 0. The average molecular weight is 264 g/mol. The predicted molar refractivity (Wildman–Crippen MR) is 73.6 cm³/mol. The molecule has 0 rings (SSSR count). The van der Waals surface area contributed by atoms with Gasteiger partial charge in [0.05, 0.1) is 6.26 Å². The summed E-state index contributed by atoms with van der Waals surface area (Å²) in [5.41, 5.74) is 0. The number of sulfonamides is 1. The first-order chi connectivity index (χ1) is 7.88. The van der Waals surface area contributed by atoms with Gasteiger partial charge in [0.2, 0.25) is 10.0 Å². The Balaban J connectivity index is 3.51. The monoisotopic (exact) mass is 264 g/mol. The second-order valence-electron chi connectivity index (χ2n) is 4.89. The van der Waals surface area contributed by atoms with E-state index in [1.165, 1.54) is 23.4 Å². The van der Waals surface area contributed by atoms with E-state index in [2.05, 4.69) is 19.2 Å². The molecule has 0 saturated carbocycles. The van der Waals surface area contributed by atoms with Crippen LogP contribution in [-0.2, 0) is 10.0 Å². The normalized spacial score (nSPS) is 12.6. The highest BCUT2D eigenvalue weighted by Gasteiger charge is 2.12. The van der Waals surface area contributed by atoms with Gasteiger partial charge in [-0.1, -0.05) is 20.8 Å². The topological polar surface area (TPSA) is 49.4 Å². The summed E-state index contributed by atoms with van der Waals surface area (Å²) >= 11 is 0. The van der Waals surface area contributed by atoms with E-state index in [0.29, 0.717) is 13.1 Å². The lowest BCUT2D eigenvalue weighted by atomic mass is 10.1. The molecular formula is C12H28N2O2S. The van der Waals surface area contributed by atoms with Crippen molar-refractivity contribution in [2.75, 3.05) is 32.4 Å². The largest absolute Gasteiger partial charge is 0.317 e.